The fraction of sp³-hybridized carbons (Fsp3) is 0.0426. The number of furan rings is 1. The molecule has 1 unspecified atom stereocenters. The number of rotatable bonds is 6. The Morgan fingerprint density at radius 3 is 1.83 bits per heavy atom. The second kappa shape index (κ2) is 12.5. The molecule has 6 aromatic carbocycles. The van der Waals surface area contributed by atoms with Crippen LogP contribution in [0.4, 0.5) is 0 Å². The third-order valence-electron chi connectivity index (χ3n) is 9.92. The summed E-state index contributed by atoms with van der Waals surface area (Å²) in [5, 5.41) is 2.37. The lowest BCUT2D eigenvalue weighted by Gasteiger charge is -2.14. The average molecular weight is 670 g/mol. The van der Waals surface area contributed by atoms with Gasteiger partial charge in [-0.3, -0.25) is 0 Å². The van der Waals surface area contributed by atoms with Crippen LogP contribution in [0.3, 0.4) is 0 Å². The Morgan fingerprint density at radius 1 is 0.481 bits per heavy atom. The van der Waals surface area contributed by atoms with E-state index in [1.165, 1.54) is 21.7 Å². The number of aromatic nitrogens is 3. The Bertz CT molecular complexity index is 2820. The molecule has 0 saturated carbocycles. The SMILES string of the molecule is C1=c2oc3ccccc3c2=CCC1c1ccc(-c2cc(-c3ccc(-c4ccccc4)cc3)nc(-c3ccc(-c4nc5ccccc5o4)cc3)n2)cc1. The molecule has 246 valence electrons. The molecule has 5 heteroatoms. The summed E-state index contributed by atoms with van der Waals surface area (Å²) in [4.78, 5) is 14.9. The van der Waals surface area contributed by atoms with E-state index in [9.17, 15) is 0 Å². The van der Waals surface area contributed by atoms with Gasteiger partial charge in [0.15, 0.2) is 11.4 Å². The Morgan fingerprint density at radius 2 is 1.08 bits per heavy atom. The van der Waals surface area contributed by atoms with Crippen LogP contribution in [0.2, 0.25) is 0 Å². The number of fused-ring (bicyclic) bond motifs is 4. The highest BCUT2D eigenvalue weighted by molar-refractivity contribution is 5.80. The van der Waals surface area contributed by atoms with E-state index in [-0.39, 0.29) is 5.92 Å². The van der Waals surface area contributed by atoms with E-state index in [0.717, 1.165) is 67.7 Å². The summed E-state index contributed by atoms with van der Waals surface area (Å²) in [5.74, 6) is 1.48. The summed E-state index contributed by atoms with van der Waals surface area (Å²) < 4.78 is 12.2. The van der Waals surface area contributed by atoms with Crippen LogP contribution in [0.15, 0.2) is 167 Å². The molecule has 0 N–H and O–H groups in total. The van der Waals surface area contributed by atoms with Crippen LogP contribution in [0, 0.1) is 0 Å². The van der Waals surface area contributed by atoms with E-state index in [4.69, 9.17) is 18.8 Å². The maximum absolute atomic E-state index is 6.21. The standard InChI is InChI=1S/C47H31N3O2/c1-2-8-30(9-3-1)31-14-18-33(19-15-31)41-29-42(49-46(48-41)35-22-24-36(25-23-35)47-50-40-11-5-7-13-44(40)52-47)34-20-16-32(17-21-34)37-26-27-39-38-10-4-6-12-43(38)51-45(39)28-37/h1-25,27-29,37H,26H2. The first-order valence-electron chi connectivity index (χ1n) is 17.5. The second-order valence-electron chi connectivity index (χ2n) is 13.2. The van der Waals surface area contributed by atoms with Crippen LogP contribution in [0.1, 0.15) is 17.9 Å². The monoisotopic (exact) mass is 669 g/mol. The van der Waals surface area contributed by atoms with Gasteiger partial charge in [0.25, 0.3) is 0 Å². The summed E-state index contributed by atoms with van der Waals surface area (Å²) in [6.07, 6.45) is 5.49. The summed E-state index contributed by atoms with van der Waals surface area (Å²) in [6.45, 7) is 0. The van der Waals surface area contributed by atoms with E-state index in [2.05, 4.69) is 108 Å². The molecule has 10 rings (SSSR count). The molecule has 1 atom stereocenters. The number of para-hydroxylation sites is 3. The van der Waals surface area contributed by atoms with Crippen molar-refractivity contribution < 1.29 is 8.83 Å². The lowest BCUT2D eigenvalue weighted by atomic mass is 9.91. The van der Waals surface area contributed by atoms with Crippen LogP contribution in [-0.4, -0.2) is 15.0 Å². The molecule has 5 nitrogen and oxygen atoms in total. The van der Waals surface area contributed by atoms with Crippen molar-refractivity contribution in [2.75, 3.05) is 0 Å². The largest absolute Gasteiger partial charge is 0.456 e. The van der Waals surface area contributed by atoms with E-state index < -0.39 is 0 Å². The molecule has 0 spiro atoms. The van der Waals surface area contributed by atoms with Gasteiger partial charge in [0, 0.05) is 38.8 Å². The molecule has 0 radical (unpaired) electrons. The Kier molecular flexibility index (Phi) is 7.21. The summed E-state index contributed by atoms with van der Waals surface area (Å²) in [6, 6.07) is 54.0. The minimum Gasteiger partial charge on any atom is -0.456 e. The zero-order valence-corrected chi connectivity index (χ0v) is 28.1. The van der Waals surface area contributed by atoms with Gasteiger partial charge in [0.1, 0.15) is 16.5 Å². The third-order valence-corrected chi connectivity index (χ3v) is 9.92. The maximum Gasteiger partial charge on any atom is 0.227 e. The molecule has 0 bridgehead atoms. The average Bonchev–Trinajstić information content (AvgIpc) is 3.83. The van der Waals surface area contributed by atoms with E-state index >= 15 is 0 Å². The Labute approximate surface area is 299 Å². The lowest BCUT2D eigenvalue weighted by molar-refractivity contribution is 0.569. The number of hydrogen-bond acceptors (Lipinski definition) is 5. The minimum absolute atomic E-state index is 0.238. The molecular weight excluding hydrogens is 639 g/mol. The normalized spacial score (nSPS) is 13.8. The molecular formula is C47H31N3O2. The molecule has 9 aromatic rings. The molecule has 1 aliphatic carbocycles. The van der Waals surface area contributed by atoms with Crippen molar-refractivity contribution in [2.45, 2.75) is 12.3 Å². The zero-order chi connectivity index (χ0) is 34.4. The van der Waals surface area contributed by atoms with Gasteiger partial charge < -0.3 is 8.83 Å². The molecule has 0 amide bonds. The molecule has 3 aromatic heterocycles. The summed E-state index contributed by atoms with van der Waals surface area (Å²) in [5.41, 5.74) is 12.7. The lowest BCUT2D eigenvalue weighted by Crippen LogP contribution is -2.24. The van der Waals surface area contributed by atoms with E-state index in [1.807, 2.05) is 66.7 Å². The molecule has 0 aliphatic heterocycles. The Balaban J connectivity index is 1.01. The van der Waals surface area contributed by atoms with Crippen molar-refractivity contribution in [1.29, 1.82) is 0 Å². The van der Waals surface area contributed by atoms with Crippen molar-refractivity contribution >= 4 is 34.2 Å². The molecule has 52 heavy (non-hydrogen) atoms. The fourth-order valence-electron chi connectivity index (χ4n) is 7.14. The number of benzene rings is 6. The predicted octanol–water partition coefficient (Wildman–Crippen LogP) is 10.4. The second-order valence-corrected chi connectivity index (χ2v) is 13.2. The van der Waals surface area contributed by atoms with Crippen LogP contribution in [0.5, 0.6) is 0 Å². The third kappa shape index (κ3) is 5.49. The van der Waals surface area contributed by atoms with Crippen molar-refractivity contribution in [3.8, 4) is 56.5 Å². The van der Waals surface area contributed by atoms with Gasteiger partial charge >= 0.3 is 0 Å². The van der Waals surface area contributed by atoms with Gasteiger partial charge in [-0.15, -0.1) is 0 Å². The first kappa shape index (κ1) is 30.0. The number of nitrogens with zero attached hydrogens (tertiary/aromatic N) is 3. The number of hydrogen-bond donors (Lipinski definition) is 0. The van der Waals surface area contributed by atoms with Crippen LogP contribution in [0.25, 0.3) is 90.7 Å². The Hall–Kier alpha value is -6.85. The fourth-order valence-corrected chi connectivity index (χ4v) is 7.14. The van der Waals surface area contributed by atoms with Gasteiger partial charge in [0.2, 0.25) is 5.89 Å². The van der Waals surface area contributed by atoms with Gasteiger partial charge in [-0.1, -0.05) is 127 Å². The summed E-state index contributed by atoms with van der Waals surface area (Å²) in [7, 11) is 0. The summed E-state index contributed by atoms with van der Waals surface area (Å²) >= 11 is 0. The molecule has 0 saturated heterocycles. The zero-order valence-electron chi connectivity index (χ0n) is 28.1. The van der Waals surface area contributed by atoms with E-state index in [1.54, 1.807) is 0 Å². The van der Waals surface area contributed by atoms with Gasteiger partial charge in [0.05, 0.1) is 11.4 Å². The van der Waals surface area contributed by atoms with Crippen LogP contribution in [-0.2, 0) is 0 Å². The van der Waals surface area contributed by atoms with Gasteiger partial charge in [-0.2, -0.15) is 0 Å². The van der Waals surface area contributed by atoms with Gasteiger partial charge in [-0.25, -0.2) is 15.0 Å². The molecule has 0 fully saturated rings. The van der Waals surface area contributed by atoms with E-state index in [0.29, 0.717) is 11.7 Å². The highest BCUT2D eigenvalue weighted by Crippen LogP contribution is 2.32. The maximum atomic E-state index is 6.21. The van der Waals surface area contributed by atoms with Crippen molar-refractivity contribution in [2.24, 2.45) is 0 Å². The smallest absolute Gasteiger partial charge is 0.227 e. The highest BCUT2D eigenvalue weighted by atomic mass is 16.3. The van der Waals surface area contributed by atoms with Crippen molar-refractivity contribution in [3.63, 3.8) is 0 Å². The first-order chi connectivity index (χ1) is 25.7. The van der Waals surface area contributed by atoms with Gasteiger partial charge in [-0.05, 0) is 65.6 Å². The van der Waals surface area contributed by atoms with Crippen LogP contribution < -0.4 is 10.6 Å². The quantitative estimate of drug-likeness (QED) is 0.176. The minimum atomic E-state index is 0.238. The predicted molar refractivity (Wildman–Crippen MR) is 209 cm³/mol. The molecule has 1 aliphatic rings. The highest BCUT2D eigenvalue weighted by Gasteiger charge is 2.16. The first-order valence-corrected chi connectivity index (χ1v) is 17.5. The topological polar surface area (TPSA) is 65.0 Å². The van der Waals surface area contributed by atoms with Crippen molar-refractivity contribution in [1.82, 2.24) is 15.0 Å². The number of oxazole rings is 1. The van der Waals surface area contributed by atoms with Crippen LogP contribution >= 0.6 is 0 Å². The molecule has 3 heterocycles. The van der Waals surface area contributed by atoms with Crippen molar-refractivity contribution in [3.05, 3.63) is 174 Å².